The average molecular weight is 689 g/mol. The fraction of sp³-hybridized carbons (Fsp3) is 0.250. The summed E-state index contributed by atoms with van der Waals surface area (Å²) in [4.78, 5) is 26.7. The second-order valence-electron chi connectivity index (χ2n) is 12.7. The molecule has 0 fully saturated rings. The minimum Gasteiger partial charge on any atom is -0.461 e. The number of ether oxygens (including phenoxy) is 1. The largest absolute Gasteiger partial charge is 0.461 e. The lowest BCUT2D eigenvalue weighted by molar-refractivity contribution is 0.257. The second-order valence-corrected chi connectivity index (χ2v) is 14.5. The summed E-state index contributed by atoms with van der Waals surface area (Å²) in [7, 11) is 0. The van der Waals surface area contributed by atoms with Gasteiger partial charge in [0.1, 0.15) is 11.5 Å². The zero-order valence-electron chi connectivity index (χ0n) is 24.5. The maximum atomic E-state index is 13.3. The van der Waals surface area contributed by atoms with E-state index >= 15 is 0 Å². The van der Waals surface area contributed by atoms with Crippen LogP contribution in [0.25, 0.3) is 29.2 Å². The Bertz CT molecular complexity index is 1880. The Balaban J connectivity index is 1.58. The van der Waals surface area contributed by atoms with Crippen LogP contribution in [0.3, 0.4) is 0 Å². The molecule has 2 heterocycles. The lowest BCUT2D eigenvalue weighted by atomic mass is 9.88. The number of hydrogen-bond acceptors (Lipinski definition) is 3. The molecular formula is C36H33Br2O4+. The van der Waals surface area contributed by atoms with Crippen molar-refractivity contribution in [2.45, 2.75) is 47.0 Å². The smallest absolute Gasteiger partial charge is 0.360 e. The third-order valence-electron chi connectivity index (χ3n) is 7.11. The Hall–Kier alpha value is -3.35. The predicted octanol–water partition coefficient (Wildman–Crippen LogP) is 7.87. The SMILES string of the molecule is CC(C)(C)C1=CC(C=c2c(=O)c(=Cc3cc(-c4ccc(Br)cc4)[o+]c(C(C)(C)C)c3)c2=O)C=C(c2ccc(Br)cc2)O1. The lowest BCUT2D eigenvalue weighted by Gasteiger charge is -2.29. The van der Waals surface area contributed by atoms with Crippen LogP contribution in [0, 0.1) is 11.3 Å². The summed E-state index contributed by atoms with van der Waals surface area (Å²) >= 11 is 6.96. The molecule has 4 aromatic rings. The van der Waals surface area contributed by atoms with Crippen LogP contribution in [0.4, 0.5) is 0 Å². The molecule has 5 rings (SSSR count). The summed E-state index contributed by atoms with van der Waals surface area (Å²) in [5, 5.41) is 0.382. The molecule has 214 valence electrons. The van der Waals surface area contributed by atoms with E-state index in [1.165, 1.54) is 0 Å². The average Bonchev–Trinajstić information content (AvgIpc) is 2.94. The van der Waals surface area contributed by atoms with E-state index in [2.05, 4.69) is 73.4 Å². The van der Waals surface area contributed by atoms with Gasteiger partial charge in [-0.3, -0.25) is 9.59 Å². The Kier molecular flexibility index (Phi) is 8.16. The third kappa shape index (κ3) is 6.50. The van der Waals surface area contributed by atoms with Gasteiger partial charge in [-0.1, -0.05) is 70.8 Å². The number of hydrogen-bond donors (Lipinski definition) is 0. The Morgan fingerprint density at radius 1 is 0.738 bits per heavy atom. The van der Waals surface area contributed by atoms with Gasteiger partial charge < -0.3 is 4.74 Å². The van der Waals surface area contributed by atoms with Crippen molar-refractivity contribution in [2.75, 3.05) is 0 Å². The molecule has 1 aliphatic heterocycles. The van der Waals surface area contributed by atoms with Crippen molar-refractivity contribution in [3.63, 3.8) is 0 Å². The zero-order valence-corrected chi connectivity index (χ0v) is 27.7. The second kappa shape index (κ2) is 11.4. The van der Waals surface area contributed by atoms with Crippen molar-refractivity contribution in [1.82, 2.24) is 0 Å². The fourth-order valence-corrected chi connectivity index (χ4v) is 5.19. The van der Waals surface area contributed by atoms with Crippen LogP contribution in [0.5, 0.6) is 0 Å². The summed E-state index contributed by atoms with van der Waals surface area (Å²) < 4.78 is 14.5. The van der Waals surface area contributed by atoms with Crippen molar-refractivity contribution in [3.8, 4) is 11.3 Å². The monoisotopic (exact) mass is 687 g/mol. The highest BCUT2D eigenvalue weighted by Gasteiger charge is 2.30. The van der Waals surface area contributed by atoms with Crippen molar-refractivity contribution in [2.24, 2.45) is 11.3 Å². The molecule has 6 heteroatoms. The summed E-state index contributed by atoms with van der Waals surface area (Å²) in [6, 6.07) is 19.5. The van der Waals surface area contributed by atoms with Gasteiger partial charge in [0, 0.05) is 31.9 Å². The van der Waals surface area contributed by atoms with Gasteiger partial charge in [0.2, 0.25) is 10.9 Å². The molecule has 0 N–H and O–H groups in total. The topological polar surface area (TPSA) is 54.7 Å². The molecule has 0 saturated carbocycles. The van der Waals surface area contributed by atoms with Gasteiger partial charge in [-0.25, -0.2) is 4.42 Å². The van der Waals surface area contributed by atoms with Crippen LogP contribution < -0.4 is 21.3 Å². The highest BCUT2D eigenvalue weighted by molar-refractivity contribution is 9.10. The van der Waals surface area contributed by atoms with Gasteiger partial charge in [-0.05, 0) is 81.0 Å². The number of benzene rings is 2. The summed E-state index contributed by atoms with van der Waals surface area (Å²) in [6.07, 6.45) is 7.37. The molecule has 0 saturated heterocycles. The Labute approximate surface area is 262 Å². The van der Waals surface area contributed by atoms with Gasteiger partial charge in [0.25, 0.3) is 0 Å². The van der Waals surface area contributed by atoms with Gasteiger partial charge in [-0.2, -0.15) is 0 Å². The van der Waals surface area contributed by atoms with Crippen molar-refractivity contribution >= 4 is 49.8 Å². The minimum atomic E-state index is -0.268. The van der Waals surface area contributed by atoms with Gasteiger partial charge in [0.05, 0.1) is 27.5 Å². The highest BCUT2D eigenvalue weighted by atomic mass is 79.9. The quantitative estimate of drug-likeness (QED) is 0.205. The molecule has 0 spiro atoms. The zero-order chi connectivity index (χ0) is 30.4. The minimum absolute atomic E-state index is 0.179. The number of allylic oxidation sites excluding steroid dienone is 3. The van der Waals surface area contributed by atoms with Crippen LogP contribution in [0.15, 0.2) is 102 Å². The van der Waals surface area contributed by atoms with E-state index in [9.17, 15) is 9.59 Å². The van der Waals surface area contributed by atoms with Gasteiger partial charge in [0.15, 0.2) is 0 Å². The van der Waals surface area contributed by atoms with Gasteiger partial charge in [-0.15, -0.1) is 0 Å². The highest BCUT2D eigenvalue weighted by Crippen LogP contribution is 2.37. The maximum Gasteiger partial charge on any atom is 0.360 e. The predicted molar refractivity (Wildman–Crippen MR) is 178 cm³/mol. The molecular weight excluding hydrogens is 656 g/mol. The van der Waals surface area contributed by atoms with Crippen molar-refractivity contribution in [3.05, 3.63) is 135 Å². The van der Waals surface area contributed by atoms with E-state index in [1.807, 2.05) is 72.8 Å². The van der Waals surface area contributed by atoms with Crippen LogP contribution in [-0.2, 0) is 10.2 Å². The van der Waals surface area contributed by atoms with Crippen LogP contribution in [-0.4, -0.2) is 0 Å². The van der Waals surface area contributed by atoms with Crippen LogP contribution in [0.1, 0.15) is 58.4 Å². The molecule has 3 aromatic carbocycles. The summed E-state index contributed by atoms with van der Waals surface area (Å²) in [5.74, 6) is 2.67. The first kappa shape index (κ1) is 30.1. The molecule has 42 heavy (non-hydrogen) atoms. The maximum absolute atomic E-state index is 13.3. The molecule has 1 unspecified atom stereocenters. The molecule has 4 nitrogen and oxygen atoms in total. The van der Waals surface area contributed by atoms with Crippen molar-refractivity contribution in [1.29, 1.82) is 0 Å². The van der Waals surface area contributed by atoms with E-state index in [-0.39, 0.29) is 38.0 Å². The number of rotatable bonds is 4. The fourth-order valence-electron chi connectivity index (χ4n) is 4.66. The van der Waals surface area contributed by atoms with E-state index in [1.54, 1.807) is 12.2 Å². The van der Waals surface area contributed by atoms with Crippen LogP contribution in [0.2, 0.25) is 0 Å². The first-order valence-electron chi connectivity index (χ1n) is 13.8. The van der Waals surface area contributed by atoms with Gasteiger partial charge >= 0.3 is 11.5 Å². The first-order valence-corrected chi connectivity index (χ1v) is 15.4. The van der Waals surface area contributed by atoms with Crippen molar-refractivity contribution < 1.29 is 9.15 Å². The van der Waals surface area contributed by atoms with E-state index < -0.39 is 0 Å². The molecule has 0 bridgehead atoms. The molecule has 0 amide bonds. The van der Waals surface area contributed by atoms with E-state index in [4.69, 9.17) is 9.15 Å². The lowest BCUT2D eigenvalue weighted by Crippen LogP contribution is -2.64. The van der Waals surface area contributed by atoms with E-state index in [0.717, 1.165) is 37.2 Å². The summed E-state index contributed by atoms with van der Waals surface area (Å²) in [5.41, 5.74) is 1.56. The molecule has 0 radical (unpaired) electrons. The summed E-state index contributed by atoms with van der Waals surface area (Å²) in [6.45, 7) is 12.4. The number of halogens is 2. The van der Waals surface area contributed by atoms with E-state index in [0.29, 0.717) is 11.5 Å². The normalized spacial score (nSPS) is 15.6. The molecule has 1 atom stereocenters. The molecule has 1 aromatic heterocycles. The molecule has 0 aliphatic carbocycles. The van der Waals surface area contributed by atoms with Crippen LogP contribution >= 0.6 is 31.9 Å². The third-order valence-corrected chi connectivity index (χ3v) is 8.16. The Morgan fingerprint density at radius 2 is 1.31 bits per heavy atom. The Morgan fingerprint density at radius 3 is 1.86 bits per heavy atom. The standard InChI is InChI=1S/C36H33Br2O4/c1-35(2,3)31-19-21(17-29(41-31)23-7-11-25(37)12-8-23)15-27-33(39)28(34(27)40)16-22-18-30(24-9-13-26(38)14-10-24)42-32(20-22)36(4,5)6/h7-21H,1-6H3/q+1. The molecule has 1 aliphatic rings. The first-order chi connectivity index (χ1) is 19.7.